The fourth-order valence-corrected chi connectivity index (χ4v) is 1.60. The summed E-state index contributed by atoms with van der Waals surface area (Å²) in [6.07, 6.45) is -5.04. The molecule has 0 amide bonds. The summed E-state index contributed by atoms with van der Waals surface area (Å²) >= 11 is 0. The predicted octanol–water partition coefficient (Wildman–Crippen LogP) is 1.89. The van der Waals surface area contributed by atoms with Crippen molar-refractivity contribution in [2.75, 3.05) is 0 Å². The van der Waals surface area contributed by atoms with Crippen LogP contribution in [-0.4, -0.2) is 31.0 Å². The van der Waals surface area contributed by atoms with E-state index in [1.165, 1.54) is 0 Å². The Hall–Kier alpha value is -2.98. The first-order valence-electron chi connectivity index (χ1n) is 5.23. The number of nitro groups is 1. The highest BCUT2D eigenvalue weighted by Crippen LogP contribution is 2.33. The molecule has 0 saturated heterocycles. The zero-order chi connectivity index (χ0) is 15.8. The zero-order valence-corrected chi connectivity index (χ0v) is 9.90. The molecular formula is C10H5F3N4O4. The fraction of sp³-hybridized carbons (Fsp3) is 0.100. The zero-order valence-electron chi connectivity index (χ0n) is 9.90. The lowest BCUT2D eigenvalue weighted by Crippen LogP contribution is -2.17. The van der Waals surface area contributed by atoms with Crippen LogP contribution >= 0.6 is 0 Å². The van der Waals surface area contributed by atoms with Gasteiger partial charge in [-0.3, -0.25) is 10.1 Å². The van der Waals surface area contributed by atoms with Gasteiger partial charge in [0, 0.05) is 12.1 Å². The molecule has 1 aromatic carbocycles. The first-order valence-corrected chi connectivity index (χ1v) is 5.23. The molecule has 0 bridgehead atoms. The summed E-state index contributed by atoms with van der Waals surface area (Å²) < 4.78 is 39.1. The molecule has 0 aliphatic rings. The molecule has 0 aliphatic carbocycles. The average molecular weight is 302 g/mol. The Bertz CT molecular complexity index is 725. The minimum Gasteiger partial charge on any atom is -0.476 e. The van der Waals surface area contributed by atoms with Crippen molar-refractivity contribution in [1.82, 2.24) is 15.0 Å². The standard InChI is InChI=1S/C10H5F3N4O4/c11-10(12,13)8-7(9(18)19)14-15-16(8)5-2-1-3-6(4-5)17(20)21/h1-4H,(H,18,19). The van der Waals surface area contributed by atoms with Gasteiger partial charge in [-0.1, -0.05) is 11.3 Å². The first kappa shape index (κ1) is 14.4. The van der Waals surface area contributed by atoms with E-state index in [1.54, 1.807) is 0 Å². The topological polar surface area (TPSA) is 111 Å². The van der Waals surface area contributed by atoms with E-state index in [4.69, 9.17) is 5.11 Å². The van der Waals surface area contributed by atoms with E-state index in [0.717, 1.165) is 24.3 Å². The van der Waals surface area contributed by atoms with Gasteiger partial charge in [0.25, 0.3) is 5.69 Å². The maximum absolute atomic E-state index is 12.9. The van der Waals surface area contributed by atoms with Crippen LogP contribution in [-0.2, 0) is 6.18 Å². The molecule has 0 aliphatic heterocycles. The number of carboxylic acid groups (broad SMARTS) is 1. The molecule has 2 rings (SSSR count). The van der Waals surface area contributed by atoms with Gasteiger partial charge < -0.3 is 5.11 Å². The molecule has 0 saturated carbocycles. The van der Waals surface area contributed by atoms with Gasteiger partial charge >= 0.3 is 12.1 Å². The largest absolute Gasteiger partial charge is 0.476 e. The average Bonchev–Trinajstić information content (AvgIpc) is 2.83. The molecule has 2 aromatic rings. The van der Waals surface area contributed by atoms with Crippen molar-refractivity contribution in [2.45, 2.75) is 6.18 Å². The number of carbonyl (C=O) groups is 1. The van der Waals surface area contributed by atoms with Gasteiger partial charge in [-0.2, -0.15) is 13.2 Å². The summed E-state index contributed by atoms with van der Waals surface area (Å²) in [5.74, 6) is -1.90. The van der Waals surface area contributed by atoms with Crippen LogP contribution in [0.4, 0.5) is 18.9 Å². The molecule has 11 heteroatoms. The van der Waals surface area contributed by atoms with E-state index in [0.29, 0.717) is 0 Å². The predicted molar refractivity (Wildman–Crippen MR) is 60.0 cm³/mol. The molecule has 21 heavy (non-hydrogen) atoms. The summed E-state index contributed by atoms with van der Waals surface area (Å²) in [5, 5.41) is 25.4. The summed E-state index contributed by atoms with van der Waals surface area (Å²) in [6, 6.07) is 4.17. The first-order chi connectivity index (χ1) is 9.71. The Morgan fingerprint density at radius 3 is 2.57 bits per heavy atom. The Kier molecular flexibility index (Phi) is 3.33. The molecule has 1 heterocycles. The number of hydrogen-bond acceptors (Lipinski definition) is 5. The van der Waals surface area contributed by atoms with Crippen LogP contribution in [0.1, 0.15) is 16.2 Å². The van der Waals surface area contributed by atoms with Crippen molar-refractivity contribution in [2.24, 2.45) is 0 Å². The SMILES string of the molecule is O=C(O)c1nnn(-c2cccc([N+](=O)[O-])c2)c1C(F)(F)F. The number of rotatable bonds is 3. The smallest absolute Gasteiger partial charge is 0.436 e. The van der Waals surface area contributed by atoms with E-state index < -0.39 is 34.1 Å². The van der Waals surface area contributed by atoms with Crippen molar-refractivity contribution in [1.29, 1.82) is 0 Å². The minimum absolute atomic E-state index is 0.205. The second kappa shape index (κ2) is 4.85. The summed E-state index contributed by atoms with van der Waals surface area (Å²) in [5.41, 5.74) is -3.69. The monoisotopic (exact) mass is 302 g/mol. The van der Waals surface area contributed by atoms with Gasteiger partial charge in [0.05, 0.1) is 10.6 Å². The normalized spacial score (nSPS) is 11.4. The summed E-state index contributed by atoms with van der Waals surface area (Å²) in [6.45, 7) is 0. The van der Waals surface area contributed by atoms with Crippen molar-refractivity contribution >= 4 is 11.7 Å². The van der Waals surface area contributed by atoms with Gasteiger partial charge in [-0.15, -0.1) is 5.10 Å². The van der Waals surface area contributed by atoms with Crippen LogP contribution in [0.5, 0.6) is 0 Å². The molecule has 1 N–H and O–H groups in total. The molecule has 0 atom stereocenters. The van der Waals surface area contributed by atoms with Crippen LogP contribution < -0.4 is 0 Å². The Morgan fingerprint density at radius 1 is 1.38 bits per heavy atom. The van der Waals surface area contributed by atoms with Gasteiger partial charge in [0.1, 0.15) is 0 Å². The number of alkyl halides is 3. The second-order valence-corrected chi connectivity index (χ2v) is 3.78. The van der Waals surface area contributed by atoms with Gasteiger partial charge in [0.2, 0.25) is 5.69 Å². The number of non-ortho nitro benzene ring substituents is 1. The van der Waals surface area contributed by atoms with Crippen molar-refractivity contribution < 1.29 is 28.0 Å². The van der Waals surface area contributed by atoms with E-state index >= 15 is 0 Å². The van der Waals surface area contributed by atoms with E-state index in [-0.39, 0.29) is 10.4 Å². The van der Waals surface area contributed by atoms with Crippen molar-refractivity contribution in [3.05, 3.63) is 45.8 Å². The number of benzene rings is 1. The van der Waals surface area contributed by atoms with Gasteiger partial charge in [0.15, 0.2) is 5.69 Å². The van der Waals surface area contributed by atoms with Gasteiger partial charge in [-0.05, 0) is 6.07 Å². The quantitative estimate of drug-likeness (QED) is 0.684. The lowest BCUT2D eigenvalue weighted by atomic mass is 10.2. The van der Waals surface area contributed by atoms with Crippen LogP contribution in [0, 0.1) is 10.1 Å². The van der Waals surface area contributed by atoms with Gasteiger partial charge in [-0.25, -0.2) is 9.48 Å². The van der Waals surface area contributed by atoms with E-state index in [9.17, 15) is 28.1 Å². The lowest BCUT2D eigenvalue weighted by Gasteiger charge is -2.09. The van der Waals surface area contributed by atoms with E-state index in [2.05, 4.69) is 10.3 Å². The number of nitro benzene ring substituents is 1. The minimum atomic E-state index is -5.04. The number of hydrogen-bond donors (Lipinski definition) is 1. The molecular weight excluding hydrogens is 297 g/mol. The second-order valence-electron chi connectivity index (χ2n) is 3.78. The Balaban J connectivity index is 2.67. The highest BCUT2D eigenvalue weighted by atomic mass is 19.4. The molecule has 0 fully saturated rings. The maximum atomic E-state index is 12.9. The maximum Gasteiger partial charge on any atom is 0.436 e. The number of halogens is 3. The molecule has 0 radical (unpaired) electrons. The number of aromatic carboxylic acids is 1. The summed E-state index contributed by atoms with van der Waals surface area (Å²) in [7, 11) is 0. The summed E-state index contributed by atoms with van der Waals surface area (Å²) in [4.78, 5) is 20.6. The number of aromatic nitrogens is 3. The lowest BCUT2D eigenvalue weighted by molar-refractivity contribution is -0.384. The van der Waals surface area contributed by atoms with E-state index in [1.807, 2.05) is 0 Å². The highest BCUT2D eigenvalue weighted by molar-refractivity contribution is 5.86. The molecule has 0 spiro atoms. The highest BCUT2D eigenvalue weighted by Gasteiger charge is 2.42. The third-order valence-electron chi connectivity index (χ3n) is 2.43. The van der Waals surface area contributed by atoms with Crippen molar-refractivity contribution in [3.63, 3.8) is 0 Å². The Labute approximate surface area is 113 Å². The van der Waals surface area contributed by atoms with Crippen LogP contribution in [0.25, 0.3) is 5.69 Å². The Morgan fingerprint density at radius 2 is 2.05 bits per heavy atom. The molecule has 110 valence electrons. The molecule has 8 nitrogen and oxygen atoms in total. The van der Waals surface area contributed by atoms with Crippen molar-refractivity contribution in [3.8, 4) is 5.69 Å². The number of nitrogens with zero attached hydrogens (tertiary/aromatic N) is 4. The van der Waals surface area contributed by atoms with Crippen LogP contribution in [0.3, 0.4) is 0 Å². The third kappa shape index (κ3) is 2.66. The number of carboxylic acids is 1. The molecule has 0 unspecified atom stereocenters. The molecule has 1 aromatic heterocycles. The fourth-order valence-electron chi connectivity index (χ4n) is 1.60. The van der Waals surface area contributed by atoms with Crippen LogP contribution in [0.15, 0.2) is 24.3 Å². The third-order valence-corrected chi connectivity index (χ3v) is 2.43. The van der Waals surface area contributed by atoms with Crippen LogP contribution in [0.2, 0.25) is 0 Å².